The summed E-state index contributed by atoms with van der Waals surface area (Å²) in [5.41, 5.74) is 6.27. The molecule has 2 rings (SSSR count). The quantitative estimate of drug-likeness (QED) is 0.853. The van der Waals surface area contributed by atoms with Gasteiger partial charge in [-0.25, -0.2) is 4.98 Å². The summed E-state index contributed by atoms with van der Waals surface area (Å²) >= 11 is 0. The number of nitrogens with two attached hydrogens (primary N) is 1. The van der Waals surface area contributed by atoms with Crippen molar-refractivity contribution in [3.63, 3.8) is 0 Å². The summed E-state index contributed by atoms with van der Waals surface area (Å²) in [6.45, 7) is 3.41. The minimum atomic E-state index is -0.178. The van der Waals surface area contributed by atoms with Gasteiger partial charge in [-0.1, -0.05) is 6.07 Å². The molecule has 0 spiro atoms. The Morgan fingerprint density at radius 1 is 1.39 bits per heavy atom. The molecule has 1 fully saturated rings. The van der Waals surface area contributed by atoms with Crippen LogP contribution in [0.15, 0.2) is 18.2 Å². The summed E-state index contributed by atoms with van der Waals surface area (Å²) < 4.78 is 0. The summed E-state index contributed by atoms with van der Waals surface area (Å²) in [6.07, 6.45) is 1.98. The van der Waals surface area contributed by atoms with E-state index in [9.17, 15) is 9.59 Å². The van der Waals surface area contributed by atoms with E-state index in [1.165, 1.54) is 0 Å². The van der Waals surface area contributed by atoms with Crippen LogP contribution in [0, 0.1) is 12.8 Å². The van der Waals surface area contributed by atoms with E-state index in [0.29, 0.717) is 31.9 Å². The van der Waals surface area contributed by atoms with Crippen LogP contribution in [0.4, 0.5) is 5.82 Å². The zero-order valence-corrected chi connectivity index (χ0v) is 14.8. The topological polar surface area (TPSA) is 88.3 Å². The molecule has 1 saturated heterocycles. The lowest BCUT2D eigenvalue weighted by Gasteiger charge is -2.32. The van der Waals surface area contributed by atoms with Gasteiger partial charge in [0.1, 0.15) is 5.82 Å². The van der Waals surface area contributed by atoms with Gasteiger partial charge in [-0.15, -0.1) is 24.8 Å². The van der Waals surface area contributed by atoms with Crippen LogP contribution in [-0.2, 0) is 9.59 Å². The SMILES string of the molecule is Cc1cccc(NC(=O)C2CCCN(C(=O)CCN)C2)n1.Cl.Cl. The van der Waals surface area contributed by atoms with Crippen molar-refractivity contribution in [1.82, 2.24) is 9.88 Å². The number of aromatic nitrogens is 1. The van der Waals surface area contributed by atoms with Crippen molar-refractivity contribution in [1.29, 1.82) is 0 Å². The van der Waals surface area contributed by atoms with E-state index >= 15 is 0 Å². The Bertz CT molecular complexity index is 528. The number of anilines is 1. The van der Waals surface area contributed by atoms with Crippen LogP contribution in [0.25, 0.3) is 0 Å². The molecule has 1 aliphatic heterocycles. The summed E-state index contributed by atoms with van der Waals surface area (Å²) in [7, 11) is 0. The van der Waals surface area contributed by atoms with Gasteiger partial charge in [0, 0.05) is 31.7 Å². The smallest absolute Gasteiger partial charge is 0.230 e. The molecule has 0 saturated carbocycles. The Balaban J connectivity index is 0.00000242. The molecule has 0 radical (unpaired) electrons. The molecule has 0 aliphatic carbocycles. The number of carbonyl (C=O) groups is 2. The Morgan fingerprint density at radius 3 is 2.78 bits per heavy atom. The first-order valence-corrected chi connectivity index (χ1v) is 7.32. The normalized spacial score (nSPS) is 16.8. The first kappa shape index (κ1) is 21.6. The van der Waals surface area contributed by atoms with Crippen LogP contribution in [0.1, 0.15) is 25.0 Å². The Hall–Kier alpha value is -1.37. The van der Waals surface area contributed by atoms with E-state index in [1.807, 2.05) is 19.1 Å². The van der Waals surface area contributed by atoms with Crippen molar-refractivity contribution in [2.75, 3.05) is 25.0 Å². The largest absolute Gasteiger partial charge is 0.342 e. The van der Waals surface area contributed by atoms with E-state index in [0.717, 1.165) is 18.5 Å². The highest BCUT2D eigenvalue weighted by molar-refractivity contribution is 5.92. The number of piperidine rings is 1. The molecule has 23 heavy (non-hydrogen) atoms. The minimum absolute atomic E-state index is 0. The maximum Gasteiger partial charge on any atom is 0.230 e. The lowest BCUT2D eigenvalue weighted by molar-refractivity contribution is -0.134. The van der Waals surface area contributed by atoms with Crippen molar-refractivity contribution in [3.05, 3.63) is 23.9 Å². The first-order chi connectivity index (χ1) is 10.1. The van der Waals surface area contributed by atoms with Gasteiger partial charge in [0.25, 0.3) is 0 Å². The van der Waals surface area contributed by atoms with Gasteiger partial charge in [-0.2, -0.15) is 0 Å². The second-order valence-electron chi connectivity index (χ2n) is 5.37. The number of nitrogens with one attached hydrogen (secondary N) is 1. The molecule has 1 unspecified atom stereocenters. The molecule has 6 nitrogen and oxygen atoms in total. The Kier molecular flexibility index (Phi) is 9.79. The molecule has 1 aromatic heterocycles. The first-order valence-electron chi connectivity index (χ1n) is 7.32. The number of carbonyl (C=O) groups excluding carboxylic acids is 2. The maximum absolute atomic E-state index is 12.3. The van der Waals surface area contributed by atoms with Gasteiger partial charge in [-0.3, -0.25) is 9.59 Å². The van der Waals surface area contributed by atoms with Crippen molar-refractivity contribution >= 4 is 42.4 Å². The number of pyridine rings is 1. The molecule has 0 aromatic carbocycles. The van der Waals surface area contributed by atoms with Crippen LogP contribution in [-0.4, -0.2) is 41.3 Å². The third-order valence-electron chi connectivity index (χ3n) is 3.64. The summed E-state index contributed by atoms with van der Waals surface area (Å²) in [5, 5.41) is 2.83. The molecule has 2 amide bonds. The van der Waals surface area contributed by atoms with E-state index < -0.39 is 0 Å². The number of rotatable bonds is 4. The number of likely N-dealkylation sites (tertiary alicyclic amines) is 1. The molecular weight excluding hydrogens is 339 g/mol. The van der Waals surface area contributed by atoms with Crippen LogP contribution in [0.5, 0.6) is 0 Å². The monoisotopic (exact) mass is 362 g/mol. The zero-order chi connectivity index (χ0) is 15.2. The third kappa shape index (κ3) is 6.33. The molecular formula is C15H24Cl2N4O2. The highest BCUT2D eigenvalue weighted by Gasteiger charge is 2.28. The third-order valence-corrected chi connectivity index (χ3v) is 3.64. The lowest BCUT2D eigenvalue weighted by atomic mass is 9.97. The number of nitrogens with zero attached hydrogens (tertiary/aromatic N) is 2. The second kappa shape index (κ2) is 10.4. The Labute approximate surface area is 149 Å². The average Bonchev–Trinajstić information content (AvgIpc) is 2.47. The van der Waals surface area contributed by atoms with Gasteiger partial charge in [0.2, 0.25) is 11.8 Å². The van der Waals surface area contributed by atoms with Crippen LogP contribution < -0.4 is 11.1 Å². The maximum atomic E-state index is 12.3. The van der Waals surface area contributed by atoms with Crippen molar-refractivity contribution < 1.29 is 9.59 Å². The average molecular weight is 363 g/mol. The Morgan fingerprint density at radius 2 is 2.13 bits per heavy atom. The van der Waals surface area contributed by atoms with E-state index in [4.69, 9.17) is 5.73 Å². The lowest BCUT2D eigenvalue weighted by Crippen LogP contribution is -2.44. The summed E-state index contributed by atoms with van der Waals surface area (Å²) in [4.78, 5) is 30.2. The predicted octanol–water partition coefficient (Wildman–Crippen LogP) is 1.76. The highest BCUT2D eigenvalue weighted by Crippen LogP contribution is 2.19. The fraction of sp³-hybridized carbons (Fsp3) is 0.533. The molecule has 1 aliphatic rings. The minimum Gasteiger partial charge on any atom is -0.342 e. The van der Waals surface area contributed by atoms with Crippen LogP contribution >= 0.6 is 24.8 Å². The zero-order valence-electron chi connectivity index (χ0n) is 13.2. The predicted molar refractivity (Wildman–Crippen MR) is 95.1 cm³/mol. The number of amides is 2. The molecule has 3 N–H and O–H groups in total. The molecule has 2 heterocycles. The van der Waals surface area contributed by atoms with Gasteiger partial charge < -0.3 is 16.0 Å². The summed E-state index contributed by atoms with van der Waals surface area (Å²) in [5.74, 6) is 0.343. The fourth-order valence-corrected chi connectivity index (χ4v) is 2.54. The number of hydrogen-bond acceptors (Lipinski definition) is 4. The van der Waals surface area contributed by atoms with Crippen molar-refractivity contribution in [2.45, 2.75) is 26.2 Å². The van der Waals surface area contributed by atoms with E-state index in [2.05, 4.69) is 10.3 Å². The molecule has 8 heteroatoms. The molecule has 0 bridgehead atoms. The number of aryl methyl sites for hydroxylation is 1. The van der Waals surface area contributed by atoms with Crippen molar-refractivity contribution in [2.24, 2.45) is 11.7 Å². The van der Waals surface area contributed by atoms with Crippen LogP contribution in [0.2, 0.25) is 0 Å². The fourth-order valence-electron chi connectivity index (χ4n) is 2.54. The van der Waals surface area contributed by atoms with E-state index in [-0.39, 0.29) is 42.5 Å². The molecule has 130 valence electrons. The standard InChI is InChI=1S/C15H22N4O2.2ClH/c1-11-4-2-6-13(17-11)18-15(21)12-5-3-9-19(10-12)14(20)7-8-16;;/h2,4,6,12H,3,5,7-10,16H2,1H3,(H,17,18,21);2*1H. The highest BCUT2D eigenvalue weighted by atomic mass is 35.5. The number of halogens is 2. The van der Waals surface area contributed by atoms with Crippen molar-refractivity contribution in [3.8, 4) is 0 Å². The molecule has 1 aromatic rings. The molecule has 1 atom stereocenters. The van der Waals surface area contributed by atoms with Gasteiger partial charge in [0.15, 0.2) is 0 Å². The van der Waals surface area contributed by atoms with E-state index in [1.54, 1.807) is 11.0 Å². The van der Waals surface area contributed by atoms with Gasteiger partial charge in [-0.05, 0) is 31.9 Å². The number of hydrogen-bond donors (Lipinski definition) is 2. The van der Waals surface area contributed by atoms with Crippen LogP contribution in [0.3, 0.4) is 0 Å². The summed E-state index contributed by atoms with van der Waals surface area (Å²) in [6, 6.07) is 5.50. The second-order valence-corrected chi connectivity index (χ2v) is 5.37. The van der Waals surface area contributed by atoms with Gasteiger partial charge >= 0.3 is 0 Å². The van der Waals surface area contributed by atoms with Gasteiger partial charge in [0.05, 0.1) is 5.92 Å².